The van der Waals surface area contributed by atoms with Crippen LogP contribution < -0.4 is 0 Å². The lowest BCUT2D eigenvalue weighted by atomic mass is 9.91. The largest absolute Gasteiger partial charge is 0.0587 e. The molecule has 6 aromatic carbocycles. The Labute approximate surface area is 355 Å². The normalized spacial score (nSPS) is 14.2. The standard InChI is InChI=1S/C60H42/c1-2-8-56-38-44-15-16-46-22-28-52(34-33-50(56)26-20-44)58(40-46)10-5-6-12-60-42-48-18-17-47-23-29-53(35-36-54(60)30-24-48)59(41-47)11-4-3-9-57-39-45-14-13-43-19-25-49(55(7-1)37-43)31-32-51(57)27-21-45/h19-30,37-42H,13-18,31-36H2. The zero-order valence-corrected chi connectivity index (χ0v) is 33.9. The van der Waals surface area contributed by atoms with Gasteiger partial charge in [0.2, 0.25) is 0 Å². The van der Waals surface area contributed by atoms with Crippen molar-refractivity contribution >= 4 is 0 Å². The molecule has 13 aliphatic rings. The SMILES string of the molecule is C1#Cc2cc3ccc2CCc2ccc(cc2C#CC#Cc2cc4ccc2CCc2ccc(cc2C#CC#Cc2cc5ccc2CCc2ccc(cc2C#C1)CC5)CC4)CC3. The first-order valence-corrected chi connectivity index (χ1v) is 21.4. The Morgan fingerprint density at radius 3 is 0.533 bits per heavy atom. The molecule has 0 saturated heterocycles. The molecule has 19 rings (SSSR count). The van der Waals surface area contributed by atoms with Crippen molar-refractivity contribution < 1.29 is 0 Å². The van der Waals surface area contributed by atoms with Gasteiger partial charge in [-0.25, -0.2) is 0 Å². The number of rotatable bonds is 0. The van der Waals surface area contributed by atoms with Crippen LogP contribution in [0.1, 0.15) is 100 Å². The summed E-state index contributed by atoms with van der Waals surface area (Å²) in [5, 5.41) is 0. The van der Waals surface area contributed by atoms with Crippen molar-refractivity contribution in [2.75, 3.05) is 0 Å². The molecule has 60 heavy (non-hydrogen) atoms. The highest BCUT2D eigenvalue weighted by molar-refractivity contribution is 5.56. The van der Waals surface area contributed by atoms with Crippen LogP contribution in [-0.4, -0.2) is 0 Å². The summed E-state index contributed by atoms with van der Waals surface area (Å²) in [5.41, 5.74) is 21.7. The van der Waals surface area contributed by atoms with Gasteiger partial charge in [-0.05, 0) is 216 Å². The molecular weight excluding hydrogens is 721 g/mol. The van der Waals surface area contributed by atoms with Crippen molar-refractivity contribution in [3.63, 3.8) is 0 Å². The van der Waals surface area contributed by atoms with Crippen LogP contribution in [0, 0.1) is 71.0 Å². The summed E-state index contributed by atoms with van der Waals surface area (Å²) in [7, 11) is 0. The number of benzene rings is 6. The Morgan fingerprint density at radius 2 is 0.367 bits per heavy atom. The van der Waals surface area contributed by atoms with Gasteiger partial charge >= 0.3 is 0 Å². The summed E-state index contributed by atoms with van der Waals surface area (Å²) in [6, 6.07) is 41.0. The van der Waals surface area contributed by atoms with Crippen molar-refractivity contribution in [3.8, 4) is 71.0 Å². The third-order valence-corrected chi connectivity index (χ3v) is 12.5. The number of hydrogen-bond acceptors (Lipinski definition) is 0. The Bertz CT molecular complexity index is 2580. The maximum atomic E-state index is 3.48. The summed E-state index contributed by atoms with van der Waals surface area (Å²) < 4.78 is 0. The maximum Gasteiger partial charge on any atom is 0.0290 e. The molecule has 0 aliphatic heterocycles. The Hall–Kier alpha value is -7.32. The van der Waals surface area contributed by atoms with Crippen molar-refractivity contribution in [2.45, 2.75) is 77.0 Å². The molecule has 0 N–H and O–H groups in total. The van der Waals surface area contributed by atoms with Crippen LogP contribution in [0.15, 0.2) is 109 Å². The van der Waals surface area contributed by atoms with Gasteiger partial charge in [0.15, 0.2) is 0 Å². The van der Waals surface area contributed by atoms with Gasteiger partial charge in [-0.3, -0.25) is 0 Å². The molecule has 282 valence electrons. The van der Waals surface area contributed by atoms with Crippen LogP contribution in [-0.2, 0) is 77.0 Å². The van der Waals surface area contributed by atoms with Crippen molar-refractivity contribution in [1.82, 2.24) is 0 Å². The summed E-state index contributed by atoms with van der Waals surface area (Å²) >= 11 is 0. The van der Waals surface area contributed by atoms with E-state index in [1.54, 1.807) is 0 Å². The Morgan fingerprint density at radius 1 is 0.200 bits per heavy atom. The van der Waals surface area contributed by atoms with Gasteiger partial charge in [-0.15, -0.1) is 0 Å². The van der Waals surface area contributed by atoms with E-state index in [4.69, 9.17) is 0 Å². The quantitative estimate of drug-likeness (QED) is 0.135. The van der Waals surface area contributed by atoms with Gasteiger partial charge in [-0.2, -0.15) is 0 Å². The highest BCUT2D eigenvalue weighted by atomic mass is 14.2. The fraction of sp³-hybridized carbons (Fsp3) is 0.200. The lowest BCUT2D eigenvalue weighted by Gasteiger charge is -2.13. The third kappa shape index (κ3) is 8.45. The van der Waals surface area contributed by atoms with Crippen LogP contribution in [0.3, 0.4) is 0 Å². The van der Waals surface area contributed by atoms with E-state index in [-0.39, 0.29) is 0 Å². The van der Waals surface area contributed by atoms with Crippen molar-refractivity contribution in [2.24, 2.45) is 0 Å². The van der Waals surface area contributed by atoms with Crippen LogP contribution >= 0.6 is 0 Å². The van der Waals surface area contributed by atoms with Gasteiger partial charge in [0.1, 0.15) is 0 Å². The molecule has 13 aliphatic carbocycles. The molecule has 0 fully saturated rings. The molecule has 0 nitrogen and oxygen atoms in total. The molecule has 18 bridgehead atoms. The van der Waals surface area contributed by atoms with E-state index in [0.29, 0.717) is 0 Å². The predicted molar refractivity (Wildman–Crippen MR) is 244 cm³/mol. The van der Waals surface area contributed by atoms with E-state index >= 15 is 0 Å². The first-order chi connectivity index (χ1) is 29.6. The molecule has 6 aromatic rings. The van der Waals surface area contributed by atoms with E-state index in [1.165, 1.54) is 66.8 Å². The summed E-state index contributed by atoms with van der Waals surface area (Å²) in [5.74, 6) is 40.4. The number of hydrogen-bond donors (Lipinski definition) is 0. The van der Waals surface area contributed by atoms with Crippen LogP contribution in [0.25, 0.3) is 0 Å². The fourth-order valence-electron chi connectivity index (χ4n) is 8.95. The second-order valence-corrected chi connectivity index (χ2v) is 16.4. The molecule has 0 amide bonds. The monoisotopic (exact) mass is 762 g/mol. The molecule has 0 heterocycles. The fourth-order valence-corrected chi connectivity index (χ4v) is 8.95. The molecule has 0 unspecified atom stereocenters. The number of aryl methyl sites for hydroxylation is 12. The zero-order chi connectivity index (χ0) is 40.1. The van der Waals surface area contributed by atoms with Gasteiger partial charge in [0.05, 0.1) is 0 Å². The van der Waals surface area contributed by atoms with Crippen LogP contribution in [0.2, 0.25) is 0 Å². The molecular formula is C60H42. The molecule has 0 saturated carbocycles. The minimum atomic E-state index is 0.878. The van der Waals surface area contributed by atoms with Crippen molar-refractivity contribution in [3.05, 3.63) is 209 Å². The molecule has 0 heteroatoms. The lowest BCUT2D eigenvalue weighted by Crippen LogP contribution is -2.03. The Kier molecular flexibility index (Phi) is 10.4. The lowest BCUT2D eigenvalue weighted by molar-refractivity contribution is 0.915. The second-order valence-electron chi connectivity index (χ2n) is 16.4. The van der Waals surface area contributed by atoms with E-state index in [2.05, 4.69) is 180 Å². The van der Waals surface area contributed by atoms with E-state index in [1.807, 2.05) is 0 Å². The smallest absolute Gasteiger partial charge is 0.0290 e. The average Bonchev–Trinajstić information content (AvgIpc) is 3.26. The maximum absolute atomic E-state index is 3.48. The first-order valence-electron chi connectivity index (χ1n) is 21.4. The molecule has 0 radical (unpaired) electrons. The van der Waals surface area contributed by atoms with Gasteiger partial charge in [0, 0.05) is 33.4 Å². The van der Waals surface area contributed by atoms with Gasteiger partial charge in [-0.1, -0.05) is 108 Å². The first kappa shape index (κ1) is 37.0. The highest BCUT2D eigenvalue weighted by Crippen LogP contribution is 2.25. The predicted octanol–water partition coefficient (Wildman–Crippen LogP) is 9.86. The summed E-state index contributed by atoms with van der Waals surface area (Å²) in [6.07, 6.45) is 10.9. The van der Waals surface area contributed by atoms with Crippen LogP contribution in [0.4, 0.5) is 0 Å². The molecule has 0 atom stereocenters. The zero-order valence-electron chi connectivity index (χ0n) is 33.9. The topological polar surface area (TPSA) is 0 Å². The summed E-state index contributed by atoms with van der Waals surface area (Å²) in [6.45, 7) is 0. The Balaban J connectivity index is 1.07. The molecule has 0 spiro atoms. The van der Waals surface area contributed by atoms with E-state index < -0.39 is 0 Å². The third-order valence-electron chi connectivity index (χ3n) is 12.5. The van der Waals surface area contributed by atoms with Crippen molar-refractivity contribution in [1.29, 1.82) is 0 Å². The van der Waals surface area contributed by atoms with Gasteiger partial charge in [0.25, 0.3) is 0 Å². The minimum absolute atomic E-state index is 0.878. The highest BCUT2D eigenvalue weighted by Gasteiger charge is 2.13. The average molecular weight is 763 g/mol. The molecule has 0 aromatic heterocycles. The van der Waals surface area contributed by atoms with E-state index in [0.717, 1.165) is 110 Å². The van der Waals surface area contributed by atoms with Crippen LogP contribution in [0.5, 0.6) is 0 Å². The second kappa shape index (κ2) is 16.9. The van der Waals surface area contributed by atoms with Gasteiger partial charge < -0.3 is 0 Å². The minimum Gasteiger partial charge on any atom is -0.0587 e. The van der Waals surface area contributed by atoms with E-state index in [9.17, 15) is 0 Å². The summed E-state index contributed by atoms with van der Waals surface area (Å²) in [4.78, 5) is 0.